The molecule has 2 N–H and O–H groups in total. The number of thiazole rings is 1. The monoisotopic (exact) mass is 542 g/mol. The Labute approximate surface area is 217 Å². The number of hydrazine groups is 1. The lowest BCUT2D eigenvalue weighted by atomic mass is 9.95. The van der Waals surface area contributed by atoms with Gasteiger partial charge in [0.1, 0.15) is 0 Å². The molecule has 2 amide bonds. The lowest BCUT2D eigenvalue weighted by molar-refractivity contribution is -0.137. The minimum Gasteiger partial charge on any atom is -0.464 e. The number of benzene rings is 1. The number of amides is 2. The molecule has 0 aliphatic carbocycles. The number of halogens is 3. The zero-order chi connectivity index (χ0) is 27.8. The van der Waals surface area contributed by atoms with Gasteiger partial charge >= 0.3 is 12.3 Å². The minimum atomic E-state index is -4.71. The van der Waals surface area contributed by atoms with E-state index in [2.05, 4.69) is 10.4 Å². The summed E-state index contributed by atoms with van der Waals surface area (Å²) in [6.07, 6.45) is -2.48. The number of nitrogens with one attached hydrogen (secondary N) is 1. The first kappa shape index (κ1) is 28.7. The molecule has 1 aliphatic rings. The average Bonchev–Trinajstić information content (AvgIpc) is 3.40. The highest BCUT2D eigenvalue weighted by Crippen LogP contribution is 2.35. The number of hydrogen-bond acceptors (Lipinski definition) is 5. The predicted octanol–water partition coefficient (Wildman–Crippen LogP) is 5.57. The predicted molar refractivity (Wildman–Crippen MR) is 135 cm³/mol. The first-order valence-corrected chi connectivity index (χ1v) is 12.7. The first-order chi connectivity index (χ1) is 17.0. The minimum absolute atomic E-state index is 0.0325. The van der Waals surface area contributed by atoms with Crippen molar-refractivity contribution in [3.63, 3.8) is 0 Å². The molecule has 0 bridgehead atoms. The fourth-order valence-corrected chi connectivity index (χ4v) is 4.92. The van der Waals surface area contributed by atoms with Gasteiger partial charge in [-0.3, -0.25) is 9.80 Å². The molecule has 1 aromatic heterocycles. The normalized spacial score (nSPS) is 17.2. The summed E-state index contributed by atoms with van der Waals surface area (Å²) in [7, 11) is 0. The van der Waals surface area contributed by atoms with Crippen LogP contribution in [0.15, 0.2) is 29.4 Å². The number of aromatic nitrogens is 1. The summed E-state index contributed by atoms with van der Waals surface area (Å²) in [5, 5.41) is 10.5. The maximum absolute atomic E-state index is 13.6. The highest BCUT2D eigenvalue weighted by molar-refractivity contribution is 7.09. The van der Waals surface area contributed by atoms with E-state index in [1.54, 1.807) is 20.8 Å². The van der Waals surface area contributed by atoms with Crippen molar-refractivity contribution >= 4 is 29.0 Å². The van der Waals surface area contributed by atoms with Gasteiger partial charge in [-0.2, -0.15) is 18.2 Å². The van der Waals surface area contributed by atoms with Crippen molar-refractivity contribution in [1.82, 2.24) is 9.99 Å². The van der Waals surface area contributed by atoms with E-state index in [4.69, 9.17) is 4.74 Å². The molecule has 12 heteroatoms. The van der Waals surface area contributed by atoms with E-state index in [9.17, 15) is 27.9 Å². The van der Waals surface area contributed by atoms with Gasteiger partial charge in [0.15, 0.2) is 4.80 Å². The molecule has 1 atom stereocenters. The number of carboxylic acid groups (broad SMARTS) is 1. The van der Waals surface area contributed by atoms with Gasteiger partial charge < -0.3 is 14.4 Å². The van der Waals surface area contributed by atoms with Crippen molar-refractivity contribution < 1.29 is 32.6 Å². The number of rotatable bonds is 5. The highest BCUT2D eigenvalue weighted by Gasteiger charge is 2.34. The fraction of sp³-hybridized carbons (Fsp3) is 0.560. The molecule has 2 aromatic rings. The van der Waals surface area contributed by atoms with Gasteiger partial charge in [-0.15, -0.1) is 11.3 Å². The van der Waals surface area contributed by atoms with Crippen LogP contribution in [0.4, 0.5) is 23.7 Å². The lowest BCUT2D eigenvalue weighted by Crippen LogP contribution is -2.53. The number of hydrogen-bond donors (Lipinski definition) is 2. The smallest absolute Gasteiger partial charge is 0.423 e. The Morgan fingerprint density at radius 2 is 1.89 bits per heavy atom. The Balaban J connectivity index is 2.18. The molecule has 1 saturated heterocycles. The van der Waals surface area contributed by atoms with Gasteiger partial charge in [0.25, 0.3) is 5.91 Å². The van der Waals surface area contributed by atoms with Gasteiger partial charge in [-0.05, 0) is 57.2 Å². The summed E-state index contributed by atoms with van der Waals surface area (Å²) in [6.45, 7) is 12.2. The SMILES string of the molecule is CC(C)(C)c1cn(C[C@H]2CCCO2)c(=NC(=O)c2cc(C(F)(F)F)ccc2N(NC(=O)O)C(C)(C)C)s1. The maximum Gasteiger partial charge on any atom is 0.423 e. The quantitative estimate of drug-likeness (QED) is 0.482. The van der Waals surface area contributed by atoms with Crippen LogP contribution in [-0.4, -0.2) is 39.9 Å². The van der Waals surface area contributed by atoms with Crippen LogP contribution in [0.3, 0.4) is 0 Å². The molecule has 204 valence electrons. The van der Waals surface area contributed by atoms with Crippen molar-refractivity contribution in [1.29, 1.82) is 0 Å². The standard InChI is InChI=1S/C25H33F3N4O4S/c1-23(2,3)19-14-31(13-16-8-7-11-36-16)21(37-19)29-20(33)17-12-15(25(26,27)28)9-10-18(17)32(24(4,5)6)30-22(34)35/h9-10,12,14,16,30H,7-8,11,13H2,1-6H3,(H,34,35)/t16-/m1/s1. The zero-order valence-electron chi connectivity index (χ0n) is 21.8. The van der Waals surface area contributed by atoms with Crippen LogP contribution in [-0.2, 0) is 22.9 Å². The van der Waals surface area contributed by atoms with Crippen molar-refractivity contribution in [2.24, 2.45) is 4.99 Å². The van der Waals surface area contributed by atoms with E-state index in [-0.39, 0.29) is 22.8 Å². The summed E-state index contributed by atoms with van der Waals surface area (Å²) in [5.74, 6) is -0.911. The Morgan fingerprint density at radius 3 is 2.41 bits per heavy atom. The number of alkyl halides is 3. The van der Waals surface area contributed by atoms with Crippen LogP contribution in [0.25, 0.3) is 0 Å². The second-order valence-electron chi connectivity index (χ2n) is 11.0. The molecule has 1 fully saturated rings. The number of carbonyl (C=O) groups is 2. The first-order valence-electron chi connectivity index (χ1n) is 11.9. The van der Waals surface area contributed by atoms with Crippen molar-refractivity contribution in [3.8, 4) is 0 Å². The summed E-state index contributed by atoms with van der Waals surface area (Å²) >= 11 is 1.29. The second kappa shape index (κ2) is 10.5. The molecular formula is C25H33F3N4O4S. The van der Waals surface area contributed by atoms with E-state index in [1.807, 2.05) is 31.5 Å². The van der Waals surface area contributed by atoms with Crippen LogP contribution in [0.2, 0.25) is 0 Å². The van der Waals surface area contributed by atoms with Crippen molar-refractivity contribution in [2.45, 2.75) is 84.2 Å². The zero-order valence-corrected chi connectivity index (χ0v) is 22.6. The second-order valence-corrected chi connectivity index (χ2v) is 12.0. The third-order valence-electron chi connectivity index (χ3n) is 5.75. The van der Waals surface area contributed by atoms with Gasteiger partial charge in [0.05, 0.1) is 35.0 Å². The summed E-state index contributed by atoms with van der Waals surface area (Å²) in [6, 6.07) is 2.61. The van der Waals surface area contributed by atoms with Gasteiger partial charge in [-0.1, -0.05) is 20.8 Å². The van der Waals surface area contributed by atoms with E-state index < -0.39 is 29.3 Å². The Morgan fingerprint density at radius 1 is 1.22 bits per heavy atom. The molecule has 1 aromatic carbocycles. The molecule has 0 radical (unpaired) electrons. The molecule has 8 nitrogen and oxygen atoms in total. The third kappa shape index (κ3) is 7.13. The number of anilines is 1. The molecular weight excluding hydrogens is 509 g/mol. The van der Waals surface area contributed by atoms with Gasteiger partial charge in [0.2, 0.25) is 0 Å². The number of ether oxygens (including phenoxy) is 1. The third-order valence-corrected chi connectivity index (χ3v) is 7.20. The summed E-state index contributed by atoms with van der Waals surface area (Å²) in [4.78, 5) is 30.5. The van der Waals surface area contributed by atoms with E-state index >= 15 is 0 Å². The molecule has 1 aliphatic heterocycles. The molecule has 37 heavy (non-hydrogen) atoms. The molecule has 3 rings (SSSR count). The summed E-state index contributed by atoms with van der Waals surface area (Å²) in [5.41, 5.74) is -0.390. The Kier molecular flexibility index (Phi) is 8.13. The van der Waals surface area contributed by atoms with Crippen molar-refractivity contribution in [3.05, 3.63) is 45.2 Å². The number of carbonyl (C=O) groups excluding carboxylic acids is 1. The van der Waals surface area contributed by atoms with Crippen LogP contribution in [0.5, 0.6) is 0 Å². The highest BCUT2D eigenvalue weighted by atomic mass is 32.1. The lowest BCUT2D eigenvalue weighted by Gasteiger charge is -2.37. The van der Waals surface area contributed by atoms with Crippen LogP contribution >= 0.6 is 11.3 Å². The van der Waals surface area contributed by atoms with E-state index in [0.29, 0.717) is 24.0 Å². The number of nitrogens with zero attached hydrogens (tertiary/aromatic N) is 3. The van der Waals surface area contributed by atoms with Crippen molar-refractivity contribution in [2.75, 3.05) is 11.6 Å². The molecule has 0 saturated carbocycles. The Bertz CT molecular complexity index is 1220. The van der Waals surface area contributed by atoms with Gasteiger partial charge in [0, 0.05) is 17.7 Å². The molecule has 2 heterocycles. The fourth-order valence-electron chi connectivity index (χ4n) is 3.86. The van der Waals surface area contributed by atoms with Crippen LogP contribution < -0.4 is 15.2 Å². The Hall–Kier alpha value is -2.86. The average molecular weight is 543 g/mol. The molecule has 0 unspecified atom stereocenters. The summed E-state index contributed by atoms with van der Waals surface area (Å²) < 4.78 is 48.3. The largest absolute Gasteiger partial charge is 0.464 e. The van der Waals surface area contributed by atoms with Crippen LogP contribution in [0.1, 0.15) is 75.2 Å². The van der Waals surface area contributed by atoms with E-state index in [1.165, 1.54) is 11.3 Å². The molecule has 0 spiro atoms. The van der Waals surface area contributed by atoms with E-state index in [0.717, 1.165) is 34.9 Å². The maximum atomic E-state index is 13.6. The van der Waals surface area contributed by atoms with Crippen LogP contribution in [0, 0.1) is 0 Å². The van der Waals surface area contributed by atoms with Gasteiger partial charge in [-0.25, -0.2) is 10.2 Å². The topological polar surface area (TPSA) is 96.2 Å².